The molecule has 0 bridgehead atoms. The Morgan fingerprint density at radius 3 is 2.44 bits per heavy atom. The molecule has 1 saturated carbocycles. The summed E-state index contributed by atoms with van der Waals surface area (Å²) in [5.74, 6) is -0.0419. The zero-order valence-electron chi connectivity index (χ0n) is 11.7. The van der Waals surface area contributed by atoms with Crippen LogP contribution in [-0.2, 0) is 9.59 Å². The van der Waals surface area contributed by atoms with Crippen molar-refractivity contribution in [1.29, 1.82) is 0 Å². The molecule has 2 fully saturated rings. The van der Waals surface area contributed by atoms with E-state index in [-0.39, 0.29) is 29.4 Å². The van der Waals surface area contributed by atoms with E-state index >= 15 is 0 Å². The Labute approximate surface area is 108 Å². The van der Waals surface area contributed by atoms with Gasteiger partial charge in [0.1, 0.15) is 0 Å². The van der Waals surface area contributed by atoms with Crippen molar-refractivity contribution in [3.05, 3.63) is 0 Å². The number of likely N-dealkylation sites (tertiary alicyclic amines) is 1. The quantitative estimate of drug-likeness (QED) is 0.712. The van der Waals surface area contributed by atoms with Crippen LogP contribution >= 0.6 is 0 Å². The van der Waals surface area contributed by atoms with Crippen LogP contribution in [0.25, 0.3) is 0 Å². The summed E-state index contributed by atoms with van der Waals surface area (Å²) in [4.78, 5) is 27.5. The number of hydrogen-bond acceptors (Lipinski definition) is 4. The van der Waals surface area contributed by atoms with Crippen molar-refractivity contribution in [1.82, 2.24) is 15.1 Å². The second kappa shape index (κ2) is 4.63. The molecule has 18 heavy (non-hydrogen) atoms. The molecular formula is C13H23N3O2. The van der Waals surface area contributed by atoms with Crippen LogP contribution in [0.4, 0.5) is 0 Å². The van der Waals surface area contributed by atoms with Crippen molar-refractivity contribution in [2.24, 2.45) is 0 Å². The van der Waals surface area contributed by atoms with E-state index < -0.39 is 0 Å². The lowest BCUT2D eigenvalue weighted by atomic mass is 10.0. The number of hydrogen-bond donors (Lipinski definition) is 1. The van der Waals surface area contributed by atoms with Crippen LogP contribution in [0.1, 0.15) is 33.1 Å². The van der Waals surface area contributed by atoms with Gasteiger partial charge < -0.3 is 10.2 Å². The maximum atomic E-state index is 12.1. The highest BCUT2D eigenvalue weighted by Crippen LogP contribution is 2.31. The van der Waals surface area contributed by atoms with Gasteiger partial charge in [-0.3, -0.25) is 14.5 Å². The van der Waals surface area contributed by atoms with Crippen molar-refractivity contribution in [2.45, 2.75) is 50.7 Å². The van der Waals surface area contributed by atoms with E-state index in [1.165, 1.54) is 4.90 Å². The van der Waals surface area contributed by atoms with Gasteiger partial charge in [0.05, 0.1) is 12.5 Å². The van der Waals surface area contributed by atoms with E-state index in [0.29, 0.717) is 13.0 Å². The van der Waals surface area contributed by atoms with Crippen molar-refractivity contribution >= 4 is 11.8 Å². The first-order valence-corrected chi connectivity index (χ1v) is 6.59. The normalized spacial score (nSPS) is 25.4. The Balaban J connectivity index is 1.91. The first-order chi connectivity index (χ1) is 8.33. The van der Waals surface area contributed by atoms with E-state index in [1.807, 2.05) is 14.1 Å². The monoisotopic (exact) mass is 253 g/mol. The first-order valence-electron chi connectivity index (χ1n) is 6.59. The number of nitrogens with zero attached hydrogens (tertiary/aromatic N) is 2. The molecule has 1 aliphatic carbocycles. The lowest BCUT2D eigenvalue weighted by Crippen LogP contribution is -2.51. The molecule has 5 heteroatoms. The molecule has 1 saturated heterocycles. The van der Waals surface area contributed by atoms with Crippen molar-refractivity contribution < 1.29 is 9.59 Å². The van der Waals surface area contributed by atoms with E-state index in [4.69, 9.17) is 0 Å². The molecule has 1 heterocycles. The van der Waals surface area contributed by atoms with Gasteiger partial charge in [-0.15, -0.1) is 0 Å². The second-order valence-electron chi connectivity index (χ2n) is 6.18. The van der Waals surface area contributed by atoms with Crippen molar-refractivity contribution in [2.75, 3.05) is 20.6 Å². The predicted molar refractivity (Wildman–Crippen MR) is 69.0 cm³/mol. The third-order valence-electron chi connectivity index (χ3n) is 4.09. The zero-order chi connectivity index (χ0) is 13.5. The molecule has 2 rings (SSSR count). The zero-order valence-corrected chi connectivity index (χ0v) is 11.7. The summed E-state index contributed by atoms with van der Waals surface area (Å²) in [6.45, 7) is 4.92. The highest BCUT2D eigenvalue weighted by Gasteiger charge is 2.46. The van der Waals surface area contributed by atoms with Crippen LogP contribution in [0.2, 0.25) is 0 Å². The summed E-state index contributed by atoms with van der Waals surface area (Å²) in [6.07, 6.45) is 2.28. The maximum absolute atomic E-state index is 12.1. The van der Waals surface area contributed by atoms with Gasteiger partial charge in [0.15, 0.2) is 0 Å². The summed E-state index contributed by atoms with van der Waals surface area (Å²) in [6, 6.07) is -0.129. The first kappa shape index (κ1) is 13.5. The minimum atomic E-state index is -0.322. The third kappa shape index (κ3) is 2.57. The number of rotatable bonds is 5. The highest BCUT2D eigenvalue weighted by molar-refractivity contribution is 6.06. The van der Waals surface area contributed by atoms with Gasteiger partial charge in [0, 0.05) is 18.1 Å². The Morgan fingerprint density at radius 2 is 1.94 bits per heavy atom. The van der Waals surface area contributed by atoms with E-state index in [0.717, 1.165) is 12.8 Å². The van der Waals surface area contributed by atoms with Gasteiger partial charge in [-0.2, -0.15) is 0 Å². The minimum Gasteiger partial charge on any atom is -0.304 e. The number of imide groups is 1. The summed E-state index contributed by atoms with van der Waals surface area (Å²) in [7, 11) is 4.03. The lowest BCUT2D eigenvalue weighted by molar-refractivity contribution is -0.139. The average Bonchev–Trinajstić information content (AvgIpc) is 3.04. The fourth-order valence-electron chi connectivity index (χ4n) is 2.06. The summed E-state index contributed by atoms with van der Waals surface area (Å²) in [5.41, 5.74) is -0.0314. The maximum Gasteiger partial charge on any atom is 0.247 e. The Bertz CT molecular complexity index is 361. The summed E-state index contributed by atoms with van der Waals surface area (Å²) >= 11 is 0. The molecule has 0 aromatic carbocycles. The van der Waals surface area contributed by atoms with Gasteiger partial charge in [0.2, 0.25) is 11.8 Å². The molecule has 0 aromatic heterocycles. The van der Waals surface area contributed by atoms with Gasteiger partial charge >= 0.3 is 0 Å². The molecule has 0 aromatic rings. The number of nitrogens with one attached hydrogen (secondary N) is 1. The molecule has 1 unspecified atom stereocenters. The van der Waals surface area contributed by atoms with Crippen molar-refractivity contribution in [3.8, 4) is 0 Å². The number of amides is 2. The van der Waals surface area contributed by atoms with Crippen molar-refractivity contribution in [3.63, 3.8) is 0 Å². The topological polar surface area (TPSA) is 52.7 Å². The molecule has 1 aliphatic heterocycles. The Kier molecular flexibility index (Phi) is 3.47. The van der Waals surface area contributed by atoms with Crippen LogP contribution in [0.3, 0.4) is 0 Å². The standard InChI is InChI=1S/C13H23N3O2/c1-13(2,15(3)4)8-14-10-7-11(17)16(12(10)18)9-5-6-9/h9-10,14H,5-8H2,1-4H3. The molecule has 0 spiro atoms. The van der Waals surface area contributed by atoms with Crippen LogP contribution < -0.4 is 5.32 Å². The SMILES string of the molecule is CN(C)C(C)(C)CNC1CC(=O)N(C2CC2)C1=O. The van der Waals surface area contributed by atoms with E-state index in [9.17, 15) is 9.59 Å². The Hall–Kier alpha value is -0.940. The summed E-state index contributed by atoms with van der Waals surface area (Å²) < 4.78 is 0. The second-order valence-corrected chi connectivity index (χ2v) is 6.18. The number of carbonyl (C=O) groups excluding carboxylic acids is 2. The summed E-state index contributed by atoms with van der Waals surface area (Å²) in [5, 5.41) is 3.24. The van der Waals surface area contributed by atoms with Gasteiger partial charge in [0.25, 0.3) is 0 Å². The smallest absolute Gasteiger partial charge is 0.247 e. The van der Waals surface area contributed by atoms with Gasteiger partial charge in [-0.25, -0.2) is 0 Å². The van der Waals surface area contributed by atoms with E-state index in [1.54, 1.807) is 0 Å². The molecule has 0 radical (unpaired) electrons. The van der Waals surface area contributed by atoms with Gasteiger partial charge in [-0.05, 0) is 40.8 Å². The number of carbonyl (C=O) groups is 2. The van der Waals surface area contributed by atoms with Crippen LogP contribution in [0, 0.1) is 0 Å². The molecule has 5 nitrogen and oxygen atoms in total. The minimum absolute atomic E-state index is 0.0114. The Morgan fingerprint density at radius 1 is 1.33 bits per heavy atom. The van der Waals surface area contributed by atoms with Crippen LogP contribution in [0.15, 0.2) is 0 Å². The third-order valence-corrected chi connectivity index (χ3v) is 4.09. The molecule has 2 amide bonds. The van der Waals surface area contributed by atoms with Crippen LogP contribution in [0.5, 0.6) is 0 Å². The molecule has 1 N–H and O–H groups in total. The van der Waals surface area contributed by atoms with Gasteiger partial charge in [-0.1, -0.05) is 0 Å². The lowest BCUT2D eigenvalue weighted by Gasteiger charge is -2.33. The fourth-order valence-corrected chi connectivity index (χ4v) is 2.06. The molecule has 102 valence electrons. The highest BCUT2D eigenvalue weighted by atomic mass is 16.2. The largest absolute Gasteiger partial charge is 0.304 e. The van der Waals surface area contributed by atoms with E-state index in [2.05, 4.69) is 24.1 Å². The predicted octanol–water partition coefficient (Wildman–Crippen LogP) is 0.206. The molecule has 2 aliphatic rings. The van der Waals surface area contributed by atoms with Crippen LogP contribution in [-0.4, -0.2) is 59.9 Å². The molecule has 1 atom stereocenters. The average molecular weight is 253 g/mol. The molecular weight excluding hydrogens is 230 g/mol. The fraction of sp³-hybridized carbons (Fsp3) is 0.846. The number of likely N-dealkylation sites (N-methyl/N-ethyl adjacent to an activating group) is 1.